The van der Waals surface area contributed by atoms with E-state index in [9.17, 15) is 9.90 Å². The molecule has 1 amide bonds. The van der Waals surface area contributed by atoms with Gasteiger partial charge in [-0.2, -0.15) is 0 Å². The van der Waals surface area contributed by atoms with E-state index in [0.717, 1.165) is 28.3 Å². The molecule has 0 aliphatic rings. The van der Waals surface area contributed by atoms with E-state index in [2.05, 4.69) is 15.3 Å². The highest BCUT2D eigenvalue weighted by Gasteiger charge is 2.06. The van der Waals surface area contributed by atoms with Crippen LogP contribution in [0.3, 0.4) is 0 Å². The average molecular weight is 297 g/mol. The lowest BCUT2D eigenvalue weighted by molar-refractivity contribution is -0.116. The predicted octanol–water partition coefficient (Wildman–Crippen LogP) is 2.44. The maximum atomic E-state index is 11.8. The molecule has 0 atom stereocenters. The molecule has 0 saturated heterocycles. The zero-order valence-corrected chi connectivity index (χ0v) is 12.9. The maximum Gasteiger partial charge on any atom is 0.244 e. The molecule has 1 aromatic carbocycles. The van der Waals surface area contributed by atoms with E-state index in [1.165, 1.54) is 6.08 Å². The molecule has 22 heavy (non-hydrogen) atoms. The molecule has 0 aliphatic heterocycles. The van der Waals surface area contributed by atoms with Crippen molar-refractivity contribution < 1.29 is 9.90 Å². The lowest BCUT2D eigenvalue weighted by atomic mass is 10.2. The van der Waals surface area contributed by atoms with Crippen molar-refractivity contribution in [2.75, 3.05) is 0 Å². The van der Waals surface area contributed by atoms with Gasteiger partial charge in [-0.3, -0.25) is 14.8 Å². The van der Waals surface area contributed by atoms with Gasteiger partial charge in [0.25, 0.3) is 0 Å². The molecule has 5 heteroatoms. The van der Waals surface area contributed by atoms with Crippen LogP contribution in [0.4, 0.5) is 0 Å². The molecular formula is C17H19N3O2. The normalized spacial score (nSPS) is 10.9. The minimum absolute atomic E-state index is 0.199. The molecule has 0 fully saturated rings. The number of nitrogens with zero attached hydrogens (tertiary/aromatic N) is 2. The SMILES string of the molecule is Cc1nc(C)c(CNC(=O)/C=C/c2ccc(O)cc2)nc1C. The number of nitrogens with one attached hydrogen (secondary N) is 1. The Bertz CT molecular complexity index is 707. The maximum absolute atomic E-state index is 11.8. The smallest absolute Gasteiger partial charge is 0.244 e. The van der Waals surface area contributed by atoms with Crippen molar-refractivity contribution in [3.63, 3.8) is 0 Å². The first-order valence-corrected chi connectivity index (χ1v) is 7.01. The summed E-state index contributed by atoms with van der Waals surface area (Å²) in [6, 6.07) is 6.62. The van der Waals surface area contributed by atoms with Crippen LogP contribution in [0.15, 0.2) is 30.3 Å². The van der Waals surface area contributed by atoms with Crippen LogP contribution < -0.4 is 5.32 Å². The lowest BCUT2D eigenvalue weighted by Gasteiger charge is -2.08. The van der Waals surface area contributed by atoms with Crippen molar-refractivity contribution in [3.05, 3.63) is 58.7 Å². The number of hydrogen-bond donors (Lipinski definition) is 2. The van der Waals surface area contributed by atoms with Gasteiger partial charge in [-0.1, -0.05) is 12.1 Å². The topological polar surface area (TPSA) is 75.1 Å². The zero-order chi connectivity index (χ0) is 16.1. The Morgan fingerprint density at radius 3 is 2.41 bits per heavy atom. The fourth-order valence-electron chi connectivity index (χ4n) is 1.92. The zero-order valence-electron chi connectivity index (χ0n) is 12.9. The molecule has 5 nitrogen and oxygen atoms in total. The van der Waals surface area contributed by atoms with Crippen LogP contribution in [-0.2, 0) is 11.3 Å². The monoisotopic (exact) mass is 297 g/mol. The Hall–Kier alpha value is -2.69. The summed E-state index contributed by atoms with van der Waals surface area (Å²) in [5.41, 5.74) is 4.21. The molecule has 1 aromatic heterocycles. The number of phenols is 1. The molecule has 0 spiro atoms. The second kappa shape index (κ2) is 6.85. The van der Waals surface area contributed by atoms with Gasteiger partial charge in [0.1, 0.15) is 5.75 Å². The summed E-state index contributed by atoms with van der Waals surface area (Å²) in [6.45, 7) is 6.04. The molecule has 0 bridgehead atoms. The lowest BCUT2D eigenvalue weighted by Crippen LogP contribution is -2.22. The van der Waals surface area contributed by atoms with Crippen LogP contribution in [-0.4, -0.2) is 21.0 Å². The van der Waals surface area contributed by atoms with E-state index in [-0.39, 0.29) is 11.7 Å². The minimum Gasteiger partial charge on any atom is -0.508 e. The van der Waals surface area contributed by atoms with E-state index in [1.54, 1.807) is 30.3 Å². The molecule has 0 aliphatic carbocycles. The van der Waals surface area contributed by atoms with Gasteiger partial charge < -0.3 is 10.4 Å². The quantitative estimate of drug-likeness (QED) is 0.850. The number of carbonyl (C=O) groups is 1. The third-order valence-electron chi connectivity index (χ3n) is 3.33. The Kier molecular flexibility index (Phi) is 4.88. The van der Waals surface area contributed by atoms with Crippen molar-refractivity contribution in [3.8, 4) is 5.75 Å². The fraction of sp³-hybridized carbons (Fsp3) is 0.235. The van der Waals surface area contributed by atoms with E-state index in [1.807, 2.05) is 20.8 Å². The van der Waals surface area contributed by atoms with Crippen LogP contribution in [0.5, 0.6) is 5.75 Å². The third kappa shape index (κ3) is 4.15. The molecule has 2 aromatic rings. The standard InChI is InChI=1S/C17H19N3O2/c1-11-12(2)20-16(13(3)19-11)10-18-17(22)9-6-14-4-7-15(21)8-5-14/h4-9,21H,10H2,1-3H3,(H,18,22)/b9-6+. The van der Waals surface area contributed by atoms with Crippen molar-refractivity contribution in [2.45, 2.75) is 27.3 Å². The Morgan fingerprint density at radius 2 is 1.73 bits per heavy atom. The fourth-order valence-corrected chi connectivity index (χ4v) is 1.92. The largest absolute Gasteiger partial charge is 0.508 e. The van der Waals surface area contributed by atoms with E-state index in [0.29, 0.717) is 6.54 Å². The predicted molar refractivity (Wildman–Crippen MR) is 85.2 cm³/mol. The molecule has 2 N–H and O–H groups in total. The van der Waals surface area contributed by atoms with Crippen LogP contribution in [0.2, 0.25) is 0 Å². The number of aryl methyl sites for hydroxylation is 3. The summed E-state index contributed by atoms with van der Waals surface area (Å²) in [4.78, 5) is 20.7. The van der Waals surface area contributed by atoms with Crippen LogP contribution in [0.1, 0.15) is 28.3 Å². The van der Waals surface area contributed by atoms with Gasteiger partial charge in [0, 0.05) is 6.08 Å². The molecule has 0 saturated carbocycles. The Morgan fingerprint density at radius 1 is 1.09 bits per heavy atom. The number of aromatic nitrogens is 2. The molecule has 2 rings (SSSR count). The molecular weight excluding hydrogens is 278 g/mol. The number of rotatable bonds is 4. The first-order valence-electron chi connectivity index (χ1n) is 7.01. The van der Waals surface area contributed by atoms with Crippen molar-refractivity contribution in [2.24, 2.45) is 0 Å². The highest BCUT2D eigenvalue weighted by molar-refractivity contribution is 5.91. The van der Waals surface area contributed by atoms with E-state index >= 15 is 0 Å². The summed E-state index contributed by atoms with van der Waals surface area (Å²) in [5, 5.41) is 12.0. The first-order chi connectivity index (χ1) is 10.5. The third-order valence-corrected chi connectivity index (χ3v) is 3.33. The van der Waals surface area contributed by atoms with E-state index < -0.39 is 0 Å². The Labute approximate surface area is 129 Å². The molecule has 0 unspecified atom stereocenters. The summed E-state index contributed by atoms with van der Waals surface area (Å²) < 4.78 is 0. The van der Waals surface area contributed by atoms with Gasteiger partial charge in [0.2, 0.25) is 5.91 Å². The van der Waals surface area contributed by atoms with Gasteiger partial charge in [0.05, 0.1) is 29.3 Å². The number of aromatic hydroxyl groups is 1. The van der Waals surface area contributed by atoms with E-state index in [4.69, 9.17) is 0 Å². The summed E-state index contributed by atoms with van der Waals surface area (Å²) in [5.74, 6) is -0.00195. The van der Waals surface area contributed by atoms with Gasteiger partial charge in [-0.05, 0) is 44.5 Å². The average Bonchev–Trinajstić information content (AvgIpc) is 2.49. The molecule has 1 heterocycles. The van der Waals surface area contributed by atoms with Crippen molar-refractivity contribution in [1.82, 2.24) is 15.3 Å². The summed E-state index contributed by atoms with van der Waals surface area (Å²) in [7, 11) is 0. The summed E-state index contributed by atoms with van der Waals surface area (Å²) in [6.07, 6.45) is 3.14. The number of carbonyl (C=O) groups excluding carboxylic acids is 1. The Balaban J connectivity index is 1.95. The van der Waals surface area contributed by atoms with Crippen molar-refractivity contribution >= 4 is 12.0 Å². The molecule has 0 radical (unpaired) electrons. The van der Waals surface area contributed by atoms with Gasteiger partial charge >= 0.3 is 0 Å². The minimum atomic E-state index is -0.201. The second-order valence-electron chi connectivity index (χ2n) is 5.07. The number of phenolic OH excluding ortho intramolecular Hbond substituents is 1. The van der Waals surface area contributed by atoms with Gasteiger partial charge in [-0.15, -0.1) is 0 Å². The second-order valence-corrected chi connectivity index (χ2v) is 5.07. The van der Waals surface area contributed by atoms with Crippen LogP contribution in [0, 0.1) is 20.8 Å². The first kappa shape index (κ1) is 15.7. The van der Waals surface area contributed by atoms with Crippen molar-refractivity contribution in [1.29, 1.82) is 0 Å². The van der Waals surface area contributed by atoms with Crippen LogP contribution in [0.25, 0.3) is 6.08 Å². The van der Waals surface area contributed by atoms with Crippen LogP contribution >= 0.6 is 0 Å². The highest BCUT2D eigenvalue weighted by Crippen LogP contribution is 2.10. The number of hydrogen-bond acceptors (Lipinski definition) is 4. The van der Waals surface area contributed by atoms with Gasteiger partial charge in [-0.25, -0.2) is 0 Å². The summed E-state index contributed by atoms with van der Waals surface area (Å²) >= 11 is 0. The molecule has 114 valence electrons. The number of amides is 1. The highest BCUT2D eigenvalue weighted by atomic mass is 16.3. The number of benzene rings is 1. The van der Waals surface area contributed by atoms with Gasteiger partial charge in [0.15, 0.2) is 0 Å².